The highest BCUT2D eigenvalue weighted by molar-refractivity contribution is 5.75. The highest BCUT2D eigenvalue weighted by Gasteiger charge is 2.36. The predicted octanol–water partition coefficient (Wildman–Crippen LogP) is 1.93. The first-order valence-electron chi connectivity index (χ1n) is 7.34. The highest BCUT2D eigenvalue weighted by atomic mass is 19.4. The Balaban J connectivity index is 2.17. The van der Waals surface area contributed by atoms with Gasteiger partial charge in [-0.3, -0.25) is 9.69 Å². The third-order valence-corrected chi connectivity index (χ3v) is 3.82. The number of aliphatic hydroxyl groups is 1. The molecule has 1 amide bonds. The van der Waals surface area contributed by atoms with Gasteiger partial charge in [-0.15, -0.1) is 13.2 Å². The minimum atomic E-state index is -4.93. The third kappa shape index (κ3) is 5.07. The van der Waals surface area contributed by atoms with Crippen molar-refractivity contribution >= 4 is 5.91 Å². The molecule has 0 aliphatic carbocycles. The van der Waals surface area contributed by atoms with Crippen LogP contribution in [0.4, 0.5) is 17.6 Å². The number of amides is 1. The van der Waals surface area contributed by atoms with E-state index in [0.717, 1.165) is 18.2 Å². The number of nitrogens with two attached hydrogens (primary N) is 1. The summed E-state index contributed by atoms with van der Waals surface area (Å²) in [5.74, 6) is -2.13. The summed E-state index contributed by atoms with van der Waals surface area (Å²) < 4.78 is 55.2. The summed E-state index contributed by atoms with van der Waals surface area (Å²) in [7, 11) is 0. The number of nitrogens with zero attached hydrogens (tertiary/aromatic N) is 1. The van der Waals surface area contributed by atoms with Gasteiger partial charge < -0.3 is 15.6 Å². The summed E-state index contributed by atoms with van der Waals surface area (Å²) in [4.78, 5) is 12.6. The van der Waals surface area contributed by atoms with Gasteiger partial charge in [-0.2, -0.15) is 0 Å². The first-order chi connectivity index (χ1) is 11.1. The van der Waals surface area contributed by atoms with Crippen LogP contribution in [0.5, 0.6) is 5.75 Å². The molecular formula is C15H18F4N2O3. The molecule has 0 bridgehead atoms. The first kappa shape index (κ1) is 18.5. The summed E-state index contributed by atoms with van der Waals surface area (Å²) >= 11 is 0. The molecule has 1 aromatic carbocycles. The van der Waals surface area contributed by atoms with Crippen LogP contribution in [0.2, 0.25) is 0 Å². The van der Waals surface area contributed by atoms with Crippen molar-refractivity contribution in [3.63, 3.8) is 0 Å². The largest absolute Gasteiger partial charge is 0.573 e. The molecule has 1 heterocycles. The lowest BCUT2D eigenvalue weighted by Gasteiger charge is -2.38. The minimum Gasteiger partial charge on any atom is -0.405 e. The van der Waals surface area contributed by atoms with Crippen LogP contribution in [-0.4, -0.2) is 41.0 Å². The van der Waals surface area contributed by atoms with E-state index in [1.165, 1.54) is 0 Å². The van der Waals surface area contributed by atoms with Gasteiger partial charge in [0.05, 0.1) is 12.0 Å². The Bertz CT molecular complexity index is 609. The SMILES string of the molecule is NC(=O)CC1(O)CCCN(Cc2c(F)cccc2OC(F)(F)F)C1. The number of halogens is 4. The van der Waals surface area contributed by atoms with Gasteiger partial charge in [0.2, 0.25) is 5.91 Å². The van der Waals surface area contributed by atoms with Crippen molar-refractivity contribution in [3.05, 3.63) is 29.6 Å². The van der Waals surface area contributed by atoms with Crippen LogP contribution in [0.1, 0.15) is 24.8 Å². The lowest BCUT2D eigenvalue weighted by molar-refractivity contribution is -0.275. The van der Waals surface area contributed by atoms with E-state index in [1.54, 1.807) is 4.90 Å². The smallest absolute Gasteiger partial charge is 0.405 e. The lowest BCUT2D eigenvalue weighted by Crippen LogP contribution is -2.49. The van der Waals surface area contributed by atoms with Gasteiger partial charge in [0.1, 0.15) is 11.6 Å². The van der Waals surface area contributed by atoms with Gasteiger partial charge in [0, 0.05) is 18.7 Å². The molecule has 1 aliphatic heterocycles. The second kappa shape index (κ2) is 6.94. The van der Waals surface area contributed by atoms with Gasteiger partial charge in [0.15, 0.2) is 0 Å². The first-order valence-corrected chi connectivity index (χ1v) is 7.34. The van der Waals surface area contributed by atoms with Crippen LogP contribution >= 0.6 is 0 Å². The summed E-state index contributed by atoms with van der Waals surface area (Å²) in [5.41, 5.74) is 3.49. The zero-order valence-corrected chi connectivity index (χ0v) is 12.8. The van der Waals surface area contributed by atoms with Crippen molar-refractivity contribution < 1.29 is 32.2 Å². The van der Waals surface area contributed by atoms with Crippen LogP contribution in [0.25, 0.3) is 0 Å². The highest BCUT2D eigenvalue weighted by Crippen LogP contribution is 2.31. The molecule has 1 fully saturated rings. The Hall–Kier alpha value is -1.87. The fourth-order valence-electron chi connectivity index (χ4n) is 2.95. The maximum Gasteiger partial charge on any atom is 0.573 e. The number of ether oxygens (including phenoxy) is 1. The molecule has 0 aromatic heterocycles. The van der Waals surface area contributed by atoms with Crippen molar-refractivity contribution in [1.82, 2.24) is 4.90 Å². The fraction of sp³-hybridized carbons (Fsp3) is 0.533. The van der Waals surface area contributed by atoms with Crippen molar-refractivity contribution in [2.45, 2.75) is 37.8 Å². The molecule has 1 aromatic rings. The Morgan fingerprint density at radius 1 is 1.42 bits per heavy atom. The molecule has 9 heteroatoms. The summed E-state index contributed by atoms with van der Waals surface area (Å²) in [6.45, 7) is 0.274. The van der Waals surface area contributed by atoms with Crippen LogP contribution in [0, 0.1) is 5.82 Å². The minimum absolute atomic E-state index is 0.00965. The van der Waals surface area contributed by atoms with E-state index in [-0.39, 0.29) is 25.1 Å². The van der Waals surface area contributed by atoms with Crippen LogP contribution in [0.15, 0.2) is 18.2 Å². The Morgan fingerprint density at radius 2 is 2.12 bits per heavy atom. The second-order valence-electron chi connectivity index (χ2n) is 5.95. The van der Waals surface area contributed by atoms with Crippen molar-refractivity contribution in [3.8, 4) is 5.75 Å². The number of benzene rings is 1. The van der Waals surface area contributed by atoms with E-state index in [9.17, 15) is 27.5 Å². The topological polar surface area (TPSA) is 75.8 Å². The number of primary amides is 1. The number of β-amino-alcohol motifs (C(OH)–C–C–N with tert-alkyl or cyclic N) is 1. The van der Waals surface area contributed by atoms with E-state index in [2.05, 4.69) is 4.74 Å². The number of likely N-dealkylation sites (tertiary alicyclic amines) is 1. The van der Waals surface area contributed by atoms with Crippen molar-refractivity contribution in [1.29, 1.82) is 0 Å². The molecule has 1 saturated heterocycles. The maximum absolute atomic E-state index is 14.0. The number of rotatable bonds is 5. The quantitative estimate of drug-likeness (QED) is 0.796. The summed E-state index contributed by atoms with van der Waals surface area (Å²) in [6.07, 6.45) is -4.34. The van der Waals surface area contributed by atoms with E-state index in [4.69, 9.17) is 5.73 Å². The molecule has 0 radical (unpaired) electrons. The molecule has 1 unspecified atom stereocenters. The Kier molecular flexibility index (Phi) is 5.34. The van der Waals surface area contributed by atoms with Gasteiger partial charge in [-0.05, 0) is 31.5 Å². The maximum atomic E-state index is 14.0. The van der Waals surface area contributed by atoms with Gasteiger partial charge >= 0.3 is 6.36 Å². The molecule has 0 spiro atoms. The molecule has 134 valence electrons. The molecule has 1 aliphatic rings. The molecule has 5 nitrogen and oxygen atoms in total. The van der Waals surface area contributed by atoms with Gasteiger partial charge in [-0.1, -0.05) is 6.07 Å². The van der Waals surface area contributed by atoms with Crippen molar-refractivity contribution in [2.75, 3.05) is 13.1 Å². The van der Waals surface area contributed by atoms with E-state index in [0.29, 0.717) is 19.4 Å². The molecule has 2 rings (SSSR count). The Labute approximate surface area is 136 Å². The van der Waals surface area contributed by atoms with Crippen LogP contribution < -0.4 is 10.5 Å². The van der Waals surface area contributed by atoms with Gasteiger partial charge in [0.25, 0.3) is 0 Å². The zero-order chi connectivity index (χ0) is 18.0. The third-order valence-electron chi connectivity index (χ3n) is 3.82. The van der Waals surface area contributed by atoms with Crippen LogP contribution in [0.3, 0.4) is 0 Å². The Morgan fingerprint density at radius 3 is 2.75 bits per heavy atom. The average molecular weight is 350 g/mol. The van der Waals surface area contributed by atoms with E-state index >= 15 is 0 Å². The summed E-state index contributed by atoms with van der Waals surface area (Å²) in [6, 6.07) is 3.20. The molecule has 3 N–H and O–H groups in total. The fourth-order valence-corrected chi connectivity index (χ4v) is 2.95. The monoisotopic (exact) mass is 350 g/mol. The molecule has 1 atom stereocenters. The normalized spacial score (nSPS) is 22.4. The molecule has 24 heavy (non-hydrogen) atoms. The van der Waals surface area contributed by atoms with Gasteiger partial charge in [-0.25, -0.2) is 4.39 Å². The molecular weight excluding hydrogens is 332 g/mol. The summed E-state index contributed by atoms with van der Waals surface area (Å²) in [5, 5.41) is 10.4. The van der Waals surface area contributed by atoms with E-state index < -0.39 is 29.4 Å². The number of carbonyl (C=O) groups is 1. The molecule has 0 saturated carbocycles. The number of piperidine rings is 1. The number of hydrogen-bond donors (Lipinski definition) is 2. The number of alkyl halides is 3. The number of hydrogen-bond acceptors (Lipinski definition) is 4. The second-order valence-corrected chi connectivity index (χ2v) is 5.95. The lowest BCUT2D eigenvalue weighted by atomic mass is 9.89. The van der Waals surface area contributed by atoms with E-state index in [1.807, 2.05) is 0 Å². The standard InChI is InChI=1S/C15H18F4N2O3/c16-11-3-1-4-12(24-15(17,18)19)10(11)8-21-6-2-5-14(23,9-21)7-13(20)22/h1,3-4,23H,2,5-9H2,(H2,20,22). The zero-order valence-electron chi connectivity index (χ0n) is 12.8. The number of carbonyl (C=O) groups excluding carboxylic acids is 1. The predicted molar refractivity (Wildman–Crippen MR) is 76.4 cm³/mol. The average Bonchev–Trinajstić information content (AvgIpc) is 2.39. The van der Waals surface area contributed by atoms with Crippen LogP contribution in [-0.2, 0) is 11.3 Å². The van der Waals surface area contributed by atoms with Crippen molar-refractivity contribution in [2.24, 2.45) is 5.73 Å².